The van der Waals surface area contributed by atoms with Gasteiger partial charge in [-0.1, -0.05) is 25.1 Å². The molecule has 2 unspecified atom stereocenters. The maximum atomic E-state index is 12.0. The van der Waals surface area contributed by atoms with Gasteiger partial charge >= 0.3 is 5.97 Å². The van der Waals surface area contributed by atoms with E-state index in [1.165, 1.54) is 41.5 Å². The summed E-state index contributed by atoms with van der Waals surface area (Å²) in [6.07, 6.45) is 6.08. The van der Waals surface area contributed by atoms with Crippen molar-refractivity contribution in [3.05, 3.63) is 35.5 Å². The van der Waals surface area contributed by atoms with Crippen molar-refractivity contribution in [2.45, 2.75) is 58.4 Å². The number of aromatic amines is 1. The van der Waals surface area contributed by atoms with Gasteiger partial charge in [0.25, 0.3) is 0 Å². The third kappa shape index (κ3) is 2.84. The highest BCUT2D eigenvalue weighted by Crippen LogP contribution is 2.53. The maximum Gasteiger partial charge on any atom is 0.305 e. The highest BCUT2D eigenvalue weighted by atomic mass is 16.5. The van der Waals surface area contributed by atoms with E-state index in [-0.39, 0.29) is 11.4 Å². The lowest BCUT2D eigenvalue weighted by molar-refractivity contribution is -0.144. The maximum absolute atomic E-state index is 12.0. The molecule has 4 nitrogen and oxygen atoms in total. The van der Waals surface area contributed by atoms with Gasteiger partial charge < -0.3 is 9.72 Å². The van der Waals surface area contributed by atoms with Crippen LogP contribution in [0.4, 0.5) is 0 Å². The number of nitrogens with zero attached hydrogens (tertiary/aromatic N) is 1. The van der Waals surface area contributed by atoms with Gasteiger partial charge in [-0.05, 0) is 62.6 Å². The number of fused-ring (bicyclic) bond motifs is 5. The van der Waals surface area contributed by atoms with Gasteiger partial charge in [0.15, 0.2) is 0 Å². The minimum atomic E-state index is -0.0508. The Bertz CT molecular complexity index is 797. The lowest BCUT2D eigenvalue weighted by atomic mass is 9.65. The van der Waals surface area contributed by atoms with Gasteiger partial charge in [0.1, 0.15) is 0 Å². The molecule has 2 aliphatic rings. The molecule has 0 radical (unpaired) electrons. The first kappa shape index (κ1) is 17.6. The topological polar surface area (TPSA) is 45.3 Å². The SMILES string of the molecule is CCOC(=O)CCC1(CC)CCCN2CCc3c([nH]c4ccccc34)C21. The number of carbonyl (C=O) groups is 1. The molecule has 0 spiro atoms. The third-order valence-corrected chi connectivity index (χ3v) is 6.67. The highest BCUT2D eigenvalue weighted by Gasteiger charge is 2.47. The Balaban J connectivity index is 1.72. The van der Waals surface area contributed by atoms with E-state index in [0.29, 0.717) is 19.1 Å². The van der Waals surface area contributed by atoms with E-state index < -0.39 is 0 Å². The predicted octanol–water partition coefficient (Wildman–Crippen LogP) is 4.60. The lowest BCUT2D eigenvalue weighted by Crippen LogP contribution is -2.49. The van der Waals surface area contributed by atoms with Crippen LogP contribution in [-0.4, -0.2) is 35.5 Å². The Morgan fingerprint density at radius 2 is 2.15 bits per heavy atom. The Morgan fingerprint density at radius 3 is 2.96 bits per heavy atom. The molecular weight excluding hydrogens is 324 g/mol. The van der Waals surface area contributed by atoms with E-state index in [1.807, 2.05) is 6.92 Å². The van der Waals surface area contributed by atoms with Crippen LogP contribution in [0.2, 0.25) is 0 Å². The molecule has 26 heavy (non-hydrogen) atoms. The van der Waals surface area contributed by atoms with Crippen LogP contribution >= 0.6 is 0 Å². The molecule has 3 heterocycles. The third-order valence-electron chi connectivity index (χ3n) is 6.67. The first-order valence-corrected chi connectivity index (χ1v) is 10.2. The number of nitrogens with one attached hydrogen (secondary N) is 1. The quantitative estimate of drug-likeness (QED) is 0.798. The zero-order valence-corrected chi connectivity index (χ0v) is 16.0. The lowest BCUT2D eigenvalue weighted by Gasteiger charge is -2.52. The number of hydrogen-bond acceptors (Lipinski definition) is 3. The van der Waals surface area contributed by atoms with Crippen molar-refractivity contribution in [3.8, 4) is 0 Å². The monoisotopic (exact) mass is 354 g/mol. The number of aromatic nitrogens is 1. The normalized spacial score (nSPS) is 25.7. The summed E-state index contributed by atoms with van der Waals surface area (Å²) >= 11 is 0. The van der Waals surface area contributed by atoms with Crippen LogP contribution in [0.1, 0.15) is 63.3 Å². The van der Waals surface area contributed by atoms with Gasteiger partial charge in [0, 0.05) is 29.6 Å². The Kier molecular flexibility index (Phi) is 4.78. The fraction of sp³-hybridized carbons (Fsp3) is 0.591. The Morgan fingerprint density at radius 1 is 1.31 bits per heavy atom. The van der Waals surface area contributed by atoms with Gasteiger partial charge in [-0.25, -0.2) is 0 Å². The second-order valence-electron chi connectivity index (χ2n) is 7.88. The fourth-order valence-corrected chi connectivity index (χ4v) is 5.39. The number of para-hydroxylation sites is 1. The number of carbonyl (C=O) groups excluding carboxylic acids is 1. The van der Waals surface area contributed by atoms with Crippen LogP contribution < -0.4 is 0 Å². The van der Waals surface area contributed by atoms with Crippen LogP contribution in [0, 0.1) is 5.41 Å². The Labute approximate surface area is 155 Å². The summed E-state index contributed by atoms with van der Waals surface area (Å²) in [5.74, 6) is -0.0508. The standard InChI is InChI=1S/C22H30N2O2/c1-3-22(13-10-19(25)26-4-2)12-7-14-24-15-11-17-16-8-5-6-9-18(16)23-20(17)21(22)24/h5-6,8-9,21,23H,3-4,7,10-15H2,1-2H3. The molecule has 140 valence electrons. The average molecular weight is 354 g/mol. The summed E-state index contributed by atoms with van der Waals surface area (Å²) in [4.78, 5) is 18.5. The van der Waals surface area contributed by atoms with E-state index in [0.717, 1.165) is 25.8 Å². The first-order valence-electron chi connectivity index (χ1n) is 10.2. The zero-order chi connectivity index (χ0) is 18.1. The highest BCUT2D eigenvalue weighted by molar-refractivity contribution is 5.85. The molecule has 1 N–H and O–H groups in total. The van der Waals surface area contributed by atoms with Crippen molar-refractivity contribution >= 4 is 16.9 Å². The number of ether oxygens (including phenoxy) is 1. The van der Waals surface area contributed by atoms with Crippen molar-refractivity contribution in [2.24, 2.45) is 5.41 Å². The zero-order valence-electron chi connectivity index (χ0n) is 16.0. The van der Waals surface area contributed by atoms with Gasteiger partial charge in [-0.2, -0.15) is 0 Å². The summed E-state index contributed by atoms with van der Waals surface area (Å²) < 4.78 is 5.22. The first-order chi connectivity index (χ1) is 12.7. The number of esters is 1. The minimum Gasteiger partial charge on any atom is -0.466 e. The van der Waals surface area contributed by atoms with Crippen LogP contribution in [-0.2, 0) is 16.0 Å². The summed E-state index contributed by atoms with van der Waals surface area (Å²) in [7, 11) is 0. The summed E-state index contributed by atoms with van der Waals surface area (Å²) in [5.41, 5.74) is 4.31. The molecule has 0 saturated carbocycles. The van der Waals surface area contributed by atoms with Crippen molar-refractivity contribution in [1.82, 2.24) is 9.88 Å². The van der Waals surface area contributed by atoms with E-state index in [2.05, 4.69) is 41.1 Å². The van der Waals surface area contributed by atoms with Gasteiger partial charge in [-0.15, -0.1) is 0 Å². The molecule has 1 saturated heterocycles. The van der Waals surface area contributed by atoms with E-state index in [1.54, 1.807) is 0 Å². The number of piperidine rings is 1. The molecule has 2 aliphatic heterocycles. The minimum absolute atomic E-state index is 0.0508. The van der Waals surface area contributed by atoms with Gasteiger partial charge in [-0.3, -0.25) is 9.69 Å². The molecule has 2 atom stereocenters. The molecule has 0 aliphatic carbocycles. The van der Waals surface area contributed by atoms with Crippen molar-refractivity contribution < 1.29 is 9.53 Å². The summed E-state index contributed by atoms with van der Waals surface area (Å²) in [5, 5.41) is 1.38. The van der Waals surface area contributed by atoms with Crippen LogP contribution in [0.3, 0.4) is 0 Å². The van der Waals surface area contributed by atoms with Crippen LogP contribution in [0.15, 0.2) is 24.3 Å². The summed E-state index contributed by atoms with van der Waals surface area (Å²) in [6.45, 7) is 6.94. The molecule has 0 bridgehead atoms. The number of rotatable bonds is 5. The fourth-order valence-electron chi connectivity index (χ4n) is 5.39. The Hall–Kier alpha value is -1.81. The molecule has 2 aromatic rings. The van der Waals surface area contributed by atoms with E-state index in [9.17, 15) is 4.79 Å². The number of hydrogen-bond donors (Lipinski definition) is 1. The van der Waals surface area contributed by atoms with Crippen molar-refractivity contribution in [1.29, 1.82) is 0 Å². The van der Waals surface area contributed by atoms with Crippen LogP contribution in [0.25, 0.3) is 10.9 Å². The molecule has 4 heteroatoms. The smallest absolute Gasteiger partial charge is 0.305 e. The van der Waals surface area contributed by atoms with Crippen molar-refractivity contribution in [2.75, 3.05) is 19.7 Å². The van der Waals surface area contributed by atoms with Crippen molar-refractivity contribution in [3.63, 3.8) is 0 Å². The molecule has 1 aromatic heterocycles. The van der Waals surface area contributed by atoms with Gasteiger partial charge in [0.2, 0.25) is 0 Å². The van der Waals surface area contributed by atoms with Crippen LogP contribution in [0.5, 0.6) is 0 Å². The average Bonchev–Trinajstić information content (AvgIpc) is 3.05. The van der Waals surface area contributed by atoms with Gasteiger partial charge in [0.05, 0.1) is 12.6 Å². The number of benzene rings is 1. The molecule has 0 amide bonds. The van der Waals surface area contributed by atoms with E-state index >= 15 is 0 Å². The second kappa shape index (κ2) is 7.07. The molecule has 1 aromatic carbocycles. The second-order valence-corrected chi connectivity index (χ2v) is 7.88. The van der Waals surface area contributed by atoms with E-state index in [4.69, 9.17) is 4.74 Å². The largest absolute Gasteiger partial charge is 0.466 e. The summed E-state index contributed by atoms with van der Waals surface area (Å²) in [6, 6.07) is 9.07. The predicted molar refractivity (Wildman–Crippen MR) is 104 cm³/mol. The molecular formula is C22H30N2O2. The number of H-pyrrole nitrogens is 1. The molecule has 4 rings (SSSR count). The molecule has 1 fully saturated rings.